The minimum Gasteiger partial charge on any atom is -0.313 e. The Morgan fingerprint density at radius 1 is 1.07 bits per heavy atom. The normalized spacial score (nSPS) is 11.2. The van der Waals surface area contributed by atoms with Gasteiger partial charge in [-0.1, -0.05) is 12.1 Å². The van der Waals surface area contributed by atoms with Crippen molar-refractivity contribution in [3.8, 4) is 5.69 Å². The number of para-hydroxylation sites is 2. The van der Waals surface area contributed by atoms with Gasteiger partial charge in [0.15, 0.2) is 5.65 Å². The second-order valence-corrected chi connectivity index (χ2v) is 6.89. The van der Waals surface area contributed by atoms with Crippen molar-refractivity contribution in [1.82, 2.24) is 24.1 Å². The Balaban J connectivity index is 1.58. The van der Waals surface area contributed by atoms with Gasteiger partial charge in [-0.2, -0.15) is 0 Å². The molecule has 3 aromatic heterocycles. The van der Waals surface area contributed by atoms with Crippen LogP contribution in [-0.2, 0) is 11.8 Å². The van der Waals surface area contributed by atoms with Crippen molar-refractivity contribution in [1.29, 1.82) is 0 Å². The highest BCUT2D eigenvalue weighted by Crippen LogP contribution is 2.28. The predicted octanol–water partition coefficient (Wildman–Crippen LogP) is 2.94. The number of nitrogens with one attached hydrogen (secondary N) is 1. The lowest BCUT2D eigenvalue weighted by atomic mass is 10.2. The SMILES string of the molecule is Cn1c(N(CC=O)c2ccc(-n3c(=O)[nH]c4cccnc43)cc2)nc2ccccc21. The Kier molecular flexibility index (Phi) is 4.17. The molecule has 3 heterocycles. The molecule has 0 aliphatic heterocycles. The van der Waals surface area contributed by atoms with Gasteiger partial charge in [0.05, 0.1) is 28.8 Å². The molecule has 0 saturated carbocycles. The summed E-state index contributed by atoms with van der Waals surface area (Å²) in [7, 11) is 1.92. The maximum Gasteiger partial charge on any atom is 0.332 e. The van der Waals surface area contributed by atoms with E-state index in [0.29, 0.717) is 22.8 Å². The summed E-state index contributed by atoms with van der Waals surface area (Å²) in [6.07, 6.45) is 2.50. The highest BCUT2D eigenvalue weighted by atomic mass is 16.1. The number of rotatable bonds is 5. The molecule has 0 radical (unpaired) electrons. The zero-order valence-corrected chi connectivity index (χ0v) is 16.2. The van der Waals surface area contributed by atoms with Crippen LogP contribution in [0.4, 0.5) is 11.6 Å². The van der Waals surface area contributed by atoms with Crippen molar-refractivity contribution in [3.63, 3.8) is 0 Å². The van der Waals surface area contributed by atoms with Crippen LogP contribution in [0, 0.1) is 0 Å². The molecule has 0 fully saturated rings. The number of fused-ring (bicyclic) bond motifs is 2. The molecule has 0 aliphatic rings. The summed E-state index contributed by atoms with van der Waals surface area (Å²) in [5.74, 6) is 0.668. The number of benzene rings is 2. The van der Waals surface area contributed by atoms with Crippen LogP contribution in [0.15, 0.2) is 71.7 Å². The fourth-order valence-corrected chi connectivity index (χ4v) is 3.71. The minimum atomic E-state index is -0.253. The standard InChI is InChI=1S/C22H18N6O2/c1-26-19-7-3-2-5-17(19)24-21(26)27(13-14-29)15-8-10-16(11-9-15)28-20-18(25-22(28)30)6-4-12-23-20/h2-12,14H,13H2,1H3,(H,25,30). The van der Waals surface area contributed by atoms with E-state index in [1.54, 1.807) is 12.3 Å². The summed E-state index contributed by atoms with van der Waals surface area (Å²) in [6.45, 7) is 0.158. The van der Waals surface area contributed by atoms with Gasteiger partial charge in [0.2, 0.25) is 5.95 Å². The number of anilines is 2. The Hall–Kier alpha value is -4.20. The summed E-state index contributed by atoms with van der Waals surface area (Å²) in [5.41, 5.74) is 4.31. The smallest absolute Gasteiger partial charge is 0.313 e. The van der Waals surface area contributed by atoms with Crippen LogP contribution in [0.1, 0.15) is 0 Å². The summed E-state index contributed by atoms with van der Waals surface area (Å²) in [6, 6.07) is 18.8. The Morgan fingerprint density at radius 2 is 1.87 bits per heavy atom. The molecule has 8 heteroatoms. The molecule has 0 aliphatic carbocycles. The molecule has 5 aromatic rings. The molecular formula is C22H18N6O2. The van der Waals surface area contributed by atoms with Crippen molar-refractivity contribution in [2.75, 3.05) is 11.4 Å². The maximum atomic E-state index is 12.4. The van der Waals surface area contributed by atoms with E-state index in [-0.39, 0.29) is 12.2 Å². The average molecular weight is 398 g/mol. The third kappa shape index (κ3) is 2.77. The van der Waals surface area contributed by atoms with E-state index < -0.39 is 0 Å². The lowest BCUT2D eigenvalue weighted by Gasteiger charge is -2.21. The van der Waals surface area contributed by atoms with Gasteiger partial charge in [-0.3, -0.25) is 0 Å². The summed E-state index contributed by atoms with van der Waals surface area (Å²) in [5, 5.41) is 0. The summed E-state index contributed by atoms with van der Waals surface area (Å²) in [4.78, 5) is 37.5. The molecule has 8 nitrogen and oxygen atoms in total. The molecule has 2 aromatic carbocycles. The van der Waals surface area contributed by atoms with Crippen LogP contribution < -0.4 is 10.6 Å². The first-order chi connectivity index (χ1) is 14.7. The fraction of sp³-hybridized carbons (Fsp3) is 0.0909. The first-order valence-electron chi connectivity index (χ1n) is 9.46. The Labute approximate surface area is 171 Å². The number of carbonyl (C=O) groups excluding carboxylic acids is 1. The number of aryl methyl sites for hydroxylation is 1. The molecule has 0 unspecified atom stereocenters. The van der Waals surface area contributed by atoms with Gasteiger partial charge < -0.3 is 19.2 Å². The van der Waals surface area contributed by atoms with Gasteiger partial charge in [0.25, 0.3) is 0 Å². The van der Waals surface area contributed by atoms with Gasteiger partial charge in [0, 0.05) is 18.9 Å². The number of carbonyl (C=O) groups is 1. The number of hydrogen-bond acceptors (Lipinski definition) is 5. The average Bonchev–Trinajstić information content (AvgIpc) is 3.28. The van der Waals surface area contributed by atoms with Crippen LogP contribution in [-0.4, -0.2) is 36.9 Å². The highest BCUT2D eigenvalue weighted by molar-refractivity contribution is 5.81. The van der Waals surface area contributed by atoms with E-state index in [1.165, 1.54) is 4.57 Å². The molecule has 0 spiro atoms. The Bertz CT molecular complexity index is 1430. The third-order valence-corrected chi connectivity index (χ3v) is 5.12. The van der Waals surface area contributed by atoms with E-state index in [0.717, 1.165) is 23.0 Å². The number of pyridine rings is 1. The molecule has 30 heavy (non-hydrogen) atoms. The molecule has 1 N–H and O–H groups in total. The first-order valence-corrected chi connectivity index (χ1v) is 9.46. The van der Waals surface area contributed by atoms with Gasteiger partial charge >= 0.3 is 5.69 Å². The molecule has 0 amide bonds. The van der Waals surface area contributed by atoms with Crippen molar-refractivity contribution in [2.45, 2.75) is 0 Å². The minimum absolute atomic E-state index is 0.158. The molecule has 0 bridgehead atoms. The monoisotopic (exact) mass is 398 g/mol. The zero-order chi connectivity index (χ0) is 20.7. The van der Waals surface area contributed by atoms with E-state index in [1.807, 2.05) is 71.1 Å². The van der Waals surface area contributed by atoms with Gasteiger partial charge in [0.1, 0.15) is 6.29 Å². The van der Waals surface area contributed by atoms with E-state index in [4.69, 9.17) is 4.98 Å². The molecule has 148 valence electrons. The zero-order valence-electron chi connectivity index (χ0n) is 16.2. The van der Waals surface area contributed by atoms with Crippen molar-refractivity contribution in [2.24, 2.45) is 7.05 Å². The lowest BCUT2D eigenvalue weighted by molar-refractivity contribution is -0.106. The second kappa shape index (κ2) is 7.00. The number of imidazole rings is 2. The molecular weight excluding hydrogens is 380 g/mol. The quantitative estimate of drug-likeness (QED) is 0.460. The van der Waals surface area contributed by atoms with Crippen LogP contribution >= 0.6 is 0 Å². The van der Waals surface area contributed by atoms with Crippen LogP contribution in [0.2, 0.25) is 0 Å². The highest BCUT2D eigenvalue weighted by Gasteiger charge is 2.17. The first kappa shape index (κ1) is 17.9. The van der Waals surface area contributed by atoms with Gasteiger partial charge in [-0.25, -0.2) is 19.3 Å². The van der Waals surface area contributed by atoms with E-state index >= 15 is 0 Å². The maximum absolute atomic E-state index is 12.4. The topological polar surface area (TPSA) is 88.8 Å². The molecule has 5 rings (SSSR count). The van der Waals surface area contributed by atoms with Gasteiger partial charge in [-0.15, -0.1) is 0 Å². The number of hydrogen-bond donors (Lipinski definition) is 1. The second-order valence-electron chi connectivity index (χ2n) is 6.89. The van der Waals surface area contributed by atoms with Crippen molar-refractivity contribution < 1.29 is 4.79 Å². The summed E-state index contributed by atoms with van der Waals surface area (Å²) >= 11 is 0. The molecule has 0 saturated heterocycles. The summed E-state index contributed by atoms with van der Waals surface area (Å²) < 4.78 is 3.49. The fourth-order valence-electron chi connectivity index (χ4n) is 3.71. The van der Waals surface area contributed by atoms with Crippen LogP contribution in [0.5, 0.6) is 0 Å². The van der Waals surface area contributed by atoms with Crippen molar-refractivity contribution >= 4 is 40.1 Å². The number of aldehydes is 1. The lowest BCUT2D eigenvalue weighted by Crippen LogP contribution is -2.22. The number of aromatic amines is 1. The van der Waals surface area contributed by atoms with Crippen molar-refractivity contribution in [3.05, 3.63) is 77.3 Å². The Morgan fingerprint density at radius 3 is 2.63 bits per heavy atom. The molecule has 0 atom stereocenters. The number of nitrogens with zero attached hydrogens (tertiary/aromatic N) is 5. The van der Waals surface area contributed by atoms with Crippen LogP contribution in [0.3, 0.4) is 0 Å². The third-order valence-electron chi connectivity index (χ3n) is 5.12. The predicted molar refractivity (Wildman–Crippen MR) is 115 cm³/mol. The largest absolute Gasteiger partial charge is 0.332 e. The number of aromatic nitrogens is 5. The van der Waals surface area contributed by atoms with E-state index in [9.17, 15) is 9.59 Å². The van der Waals surface area contributed by atoms with Crippen LogP contribution in [0.25, 0.3) is 27.9 Å². The number of H-pyrrole nitrogens is 1. The van der Waals surface area contributed by atoms with Gasteiger partial charge in [-0.05, 0) is 48.5 Å². The van der Waals surface area contributed by atoms with E-state index in [2.05, 4.69) is 9.97 Å².